The number of halogens is 1. The zero-order valence-electron chi connectivity index (χ0n) is 9.89. The molecule has 0 unspecified atom stereocenters. The van der Waals surface area contributed by atoms with Gasteiger partial charge in [-0.05, 0) is 19.1 Å². The highest BCUT2D eigenvalue weighted by atomic mass is 35.5. The molecule has 0 aliphatic heterocycles. The standard InChI is InChI=1S/C15H11ClN2/c1-10-14-12(16)8-5-9-13(14)18-15(17-10)11-6-3-2-4-7-11/h2-9H,1H3. The molecule has 0 aliphatic rings. The van der Waals surface area contributed by atoms with Crippen molar-refractivity contribution in [3.63, 3.8) is 0 Å². The van der Waals surface area contributed by atoms with Crippen LogP contribution in [-0.4, -0.2) is 9.97 Å². The van der Waals surface area contributed by atoms with Gasteiger partial charge < -0.3 is 0 Å². The summed E-state index contributed by atoms with van der Waals surface area (Å²) in [5.74, 6) is 0.739. The Morgan fingerprint density at radius 1 is 0.889 bits per heavy atom. The highest BCUT2D eigenvalue weighted by molar-refractivity contribution is 6.35. The van der Waals surface area contributed by atoms with Crippen LogP contribution < -0.4 is 0 Å². The number of benzene rings is 2. The summed E-state index contributed by atoms with van der Waals surface area (Å²) in [6, 6.07) is 15.7. The van der Waals surface area contributed by atoms with Crippen molar-refractivity contribution in [3.05, 3.63) is 59.2 Å². The van der Waals surface area contributed by atoms with Crippen LogP contribution in [0.2, 0.25) is 5.02 Å². The molecule has 0 radical (unpaired) electrons. The molecule has 88 valence electrons. The molecular weight excluding hydrogens is 244 g/mol. The molecule has 0 saturated heterocycles. The van der Waals surface area contributed by atoms with Gasteiger partial charge in [0, 0.05) is 10.9 Å². The molecule has 0 bridgehead atoms. The zero-order valence-corrected chi connectivity index (χ0v) is 10.6. The second kappa shape index (κ2) is 4.39. The molecule has 0 saturated carbocycles. The summed E-state index contributed by atoms with van der Waals surface area (Å²) in [4.78, 5) is 9.11. The first-order valence-corrected chi connectivity index (χ1v) is 6.12. The molecule has 0 N–H and O–H groups in total. The summed E-state index contributed by atoms with van der Waals surface area (Å²) in [5, 5.41) is 1.63. The van der Waals surface area contributed by atoms with Gasteiger partial charge in [-0.2, -0.15) is 0 Å². The van der Waals surface area contributed by atoms with E-state index in [1.54, 1.807) is 0 Å². The van der Waals surface area contributed by atoms with Crippen molar-refractivity contribution in [1.29, 1.82) is 0 Å². The zero-order chi connectivity index (χ0) is 12.5. The molecule has 18 heavy (non-hydrogen) atoms. The average Bonchev–Trinajstić information content (AvgIpc) is 2.39. The molecular formula is C15H11ClN2. The van der Waals surface area contributed by atoms with Gasteiger partial charge in [0.2, 0.25) is 0 Å². The van der Waals surface area contributed by atoms with Gasteiger partial charge in [0.15, 0.2) is 5.82 Å². The summed E-state index contributed by atoms with van der Waals surface area (Å²) in [6.45, 7) is 1.96. The molecule has 0 atom stereocenters. The maximum Gasteiger partial charge on any atom is 0.160 e. The van der Waals surface area contributed by atoms with E-state index in [0.717, 1.165) is 28.0 Å². The molecule has 3 rings (SSSR count). The quantitative estimate of drug-likeness (QED) is 0.648. The summed E-state index contributed by atoms with van der Waals surface area (Å²) in [5.41, 5.74) is 2.81. The predicted octanol–water partition coefficient (Wildman–Crippen LogP) is 4.26. The number of rotatable bonds is 1. The Morgan fingerprint density at radius 2 is 1.67 bits per heavy atom. The van der Waals surface area contributed by atoms with Crippen LogP contribution in [-0.2, 0) is 0 Å². The Kier molecular flexibility index (Phi) is 2.73. The van der Waals surface area contributed by atoms with E-state index in [9.17, 15) is 0 Å². The highest BCUT2D eigenvalue weighted by Gasteiger charge is 2.08. The SMILES string of the molecule is Cc1nc(-c2ccccc2)nc2cccc(Cl)c12. The molecule has 0 fully saturated rings. The van der Waals surface area contributed by atoms with Crippen LogP contribution in [0, 0.1) is 6.92 Å². The lowest BCUT2D eigenvalue weighted by atomic mass is 10.1. The topological polar surface area (TPSA) is 25.8 Å². The van der Waals surface area contributed by atoms with Crippen molar-refractivity contribution in [2.75, 3.05) is 0 Å². The molecule has 1 aromatic heterocycles. The Labute approximate surface area is 110 Å². The molecule has 3 heteroatoms. The Balaban J connectivity index is 2.29. The number of aromatic nitrogens is 2. The average molecular weight is 255 g/mol. The van der Waals surface area contributed by atoms with Crippen LogP contribution in [0.4, 0.5) is 0 Å². The second-order valence-electron chi connectivity index (χ2n) is 4.13. The van der Waals surface area contributed by atoms with E-state index < -0.39 is 0 Å². The minimum absolute atomic E-state index is 0.699. The fraction of sp³-hybridized carbons (Fsp3) is 0.0667. The summed E-state index contributed by atoms with van der Waals surface area (Å²) < 4.78 is 0. The lowest BCUT2D eigenvalue weighted by Crippen LogP contribution is -1.94. The van der Waals surface area contributed by atoms with Crippen molar-refractivity contribution in [1.82, 2.24) is 9.97 Å². The highest BCUT2D eigenvalue weighted by Crippen LogP contribution is 2.26. The third-order valence-corrected chi connectivity index (χ3v) is 3.20. The van der Waals surface area contributed by atoms with Crippen molar-refractivity contribution in [2.45, 2.75) is 6.92 Å². The maximum absolute atomic E-state index is 6.18. The van der Waals surface area contributed by atoms with Crippen LogP contribution in [0.15, 0.2) is 48.5 Å². The Hall–Kier alpha value is -1.93. The molecule has 1 heterocycles. The molecule has 2 nitrogen and oxygen atoms in total. The Morgan fingerprint density at radius 3 is 2.44 bits per heavy atom. The number of fused-ring (bicyclic) bond motifs is 1. The van der Waals surface area contributed by atoms with Crippen molar-refractivity contribution in [3.8, 4) is 11.4 Å². The van der Waals surface area contributed by atoms with Gasteiger partial charge in [0.05, 0.1) is 16.2 Å². The number of nitrogens with zero attached hydrogens (tertiary/aromatic N) is 2. The van der Waals surface area contributed by atoms with E-state index in [1.165, 1.54) is 0 Å². The third-order valence-electron chi connectivity index (χ3n) is 2.89. The maximum atomic E-state index is 6.18. The first-order valence-electron chi connectivity index (χ1n) is 5.74. The van der Waals surface area contributed by atoms with Gasteiger partial charge in [-0.25, -0.2) is 9.97 Å². The summed E-state index contributed by atoms with van der Waals surface area (Å²) >= 11 is 6.18. The van der Waals surface area contributed by atoms with E-state index in [2.05, 4.69) is 9.97 Å². The summed E-state index contributed by atoms with van der Waals surface area (Å²) in [7, 11) is 0. The fourth-order valence-corrected chi connectivity index (χ4v) is 2.34. The second-order valence-corrected chi connectivity index (χ2v) is 4.54. The van der Waals surface area contributed by atoms with E-state index in [1.807, 2.05) is 55.5 Å². The van der Waals surface area contributed by atoms with Crippen LogP contribution in [0.3, 0.4) is 0 Å². The molecule has 0 aliphatic carbocycles. The van der Waals surface area contributed by atoms with Crippen molar-refractivity contribution >= 4 is 22.5 Å². The fourth-order valence-electron chi connectivity index (χ4n) is 2.03. The molecule has 2 aromatic carbocycles. The van der Waals surface area contributed by atoms with Crippen LogP contribution in [0.5, 0.6) is 0 Å². The minimum Gasteiger partial charge on any atom is -0.233 e. The normalized spacial score (nSPS) is 10.8. The van der Waals surface area contributed by atoms with Gasteiger partial charge in [-0.1, -0.05) is 48.0 Å². The first-order chi connectivity index (χ1) is 8.75. The van der Waals surface area contributed by atoms with E-state index >= 15 is 0 Å². The third kappa shape index (κ3) is 1.85. The van der Waals surface area contributed by atoms with E-state index in [0.29, 0.717) is 5.02 Å². The monoisotopic (exact) mass is 254 g/mol. The van der Waals surface area contributed by atoms with Crippen LogP contribution in [0.25, 0.3) is 22.3 Å². The number of hydrogen-bond acceptors (Lipinski definition) is 2. The largest absolute Gasteiger partial charge is 0.233 e. The van der Waals surface area contributed by atoms with Gasteiger partial charge >= 0.3 is 0 Å². The lowest BCUT2D eigenvalue weighted by molar-refractivity contribution is 1.16. The minimum atomic E-state index is 0.699. The number of hydrogen-bond donors (Lipinski definition) is 0. The van der Waals surface area contributed by atoms with E-state index in [4.69, 9.17) is 11.6 Å². The molecule has 3 aromatic rings. The predicted molar refractivity (Wildman–Crippen MR) is 74.7 cm³/mol. The van der Waals surface area contributed by atoms with E-state index in [-0.39, 0.29) is 0 Å². The molecule has 0 amide bonds. The van der Waals surface area contributed by atoms with Crippen LogP contribution in [0.1, 0.15) is 5.69 Å². The van der Waals surface area contributed by atoms with Gasteiger partial charge in [0.25, 0.3) is 0 Å². The van der Waals surface area contributed by atoms with Gasteiger partial charge in [-0.15, -0.1) is 0 Å². The smallest absolute Gasteiger partial charge is 0.160 e. The first kappa shape index (κ1) is 11.2. The van der Waals surface area contributed by atoms with Gasteiger partial charge in [0.1, 0.15) is 0 Å². The van der Waals surface area contributed by atoms with Crippen molar-refractivity contribution < 1.29 is 0 Å². The lowest BCUT2D eigenvalue weighted by Gasteiger charge is -2.06. The number of aryl methyl sites for hydroxylation is 1. The van der Waals surface area contributed by atoms with Crippen LogP contribution >= 0.6 is 11.6 Å². The van der Waals surface area contributed by atoms with Crippen molar-refractivity contribution in [2.24, 2.45) is 0 Å². The molecule has 0 spiro atoms. The summed E-state index contributed by atoms with van der Waals surface area (Å²) in [6.07, 6.45) is 0. The Bertz CT molecular complexity index is 708. The van der Waals surface area contributed by atoms with Gasteiger partial charge in [-0.3, -0.25) is 0 Å².